The second kappa shape index (κ2) is 9.96. The smallest absolute Gasteiger partial charge is 0.258 e. The number of nitrogens with one attached hydrogen (secondary N) is 1. The first kappa shape index (κ1) is 23.1. The number of pyridine rings is 1. The molecular weight excluding hydrogens is 448 g/mol. The highest BCUT2D eigenvalue weighted by Gasteiger charge is 2.25. The third kappa shape index (κ3) is 4.59. The minimum atomic E-state index is -0.0949. The quantitative estimate of drug-likeness (QED) is 0.424. The fourth-order valence-corrected chi connectivity index (χ4v) is 5.77. The summed E-state index contributed by atoms with van der Waals surface area (Å²) in [6.45, 7) is 5.06. The molecule has 6 rings (SSSR count). The lowest BCUT2D eigenvalue weighted by atomic mass is 9.98. The molecule has 0 aliphatic carbocycles. The van der Waals surface area contributed by atoms with Crippen molar-refractivity contribution in [1.82, 2.24) is 19.4 Å². The molecule has 2 aromatic heterocycles. The van der Waals surface area contributed by atoms with E-state index in [1.54, 1.807) is 10.6 Å². The minimum absolute atomic E-state index is 0.0949. The third-order valence-corrected chi connectivity index (χ3v) is 7.84. The summed E-state index contributed by atoms with van der Waals surface area (Å²) in [5.41, 5.74) is 5.85. The topological polar surface area (TPSA) is 51.4 Å². The van der Waals surface area contributed by atoms with Gasteiger partial charge in [0.1, 0.15) is 12.4 Å². The van der Waals surface area contributed by atoms with E-state index < -0.39 is 0 Å². The first-order chi connectivity index (χ1) is 17.7. The Labute approximate surface area is 212 Å². The van der Waals surface area contributed by atoms with Crippen molar-refractivity contribution in [2.75, 3.05) is 19.6 Å². The highest BCUT2D eigenvalue weighted by Crippen LogP contribution is 2.31. The molecule has 2 aliphatic heterocycles. The molecule has 0 spiro atoms. The van der Waals surface area contributed by atoms with E-state index in [1.165, 1.54) is 61.1 Å². The molecule has 0 radical (unpaired) electrons. The van der Waals surface area contributed by atoms with Crippen LogP contribution >= 0.6 is 0 Å². The van der Waals surface area contributed by atoms with E-state index in [1.807, 2.05) is 48.7 Å². The van der Waals surface area contributed by atoms with Gasteiger partial charge in [-0.1, -0.05) is 36.4 Å². The maximum atomic E-state index is 13.0. The summed E-state index contributed by atoms with van der Waals surface area (Å²) >= 11 is 0. The molecule has 1 saturated heterocycles. The van der Waals surface area contributed by atoms with Crippen LogP contribution in [0.15, 0.2) is 71.7 Å². The van der Waals surface area contributed by atoms with Gasteiger partial charge in [0.05, 0.1) is 11.2 Å². The SMILES string of the molecule is Cn1c2c(c3ccc(-n4ccc(OCc5ccccc5)cc4=O)cc31)CNC(CCN1CCCC1)C2. The maximum absolute atomic E-state index is 13.0. The van der Waals surface area contributed by atoms with Crippen LogP contribution in [0, 0.1) is 0 Å². The average Bonchev–Trinajstić information content (AvgIpc) is 3.53. The van der Waals surface area contributed by atoms with Gasteiger partial charge in [0.15, 0.2) is 0 Å². The molecular formula is C30H34N4O2. The van der Waals surface area contributed by atoms with Gasteiger partial charge < -0.3 is 19.5 Å². The van der Waals surface area contributed by atoms with E-state index >= 15 is 0 Å². The van der Waals surface area contributed by atoms with Crippen molar-refractivity contribution in [3.05, 3.63) is 94.0 Å². The maximum Gasteiger partial charge on any atom is 0.258 e. The summed E-state index contributed by atoms with van der Waals surface area (Å²) in [4.78, 5) is 15.6. The molecule has 4 heterocycles. The Morgan fingerprint density at radius 3 is 2.67 bits per heavy atom. The first-order valence-electron chi connectivity index (χ1n) is 13.1. The lowest BCUT2D eigenvalue weighted by Crippen LogP contribution is -2.38. The van der Waals surface area contributed by atoms with E-state index in [9.17, 15) is 4.79 Å². The van der Waals surface area contributed by atoms with Gasteiger partial charge in [0.25, 0.3) is 5.56 Å². The van der Waals surface area contributed by atoms with Crippen molar-refractivity contribution in [3.8, 4) is 11.4 Å². The normalized spacial score (nSPS) is 18.0. The summed E-state index contributed by atoms with van der Waals surface area (Å²) in [7, 11) is 2.16. The first-order valence-corrected chi connectivity index (χ1v) is 13.1. The van der Waals surface area contributed by atoms with Crippen LogP contribution in [-0.4, -0.2) is 39.7 Å². The second-order valence-corrected chi connectivity index (χ2v) is 10.2. The number of fused-ring (bicyclic) bond motifs is 3. The van der Waals surface area contributed by atoms with Crippen LogP contribution < -0.4 is 15.6 Å². The van der Waals surface area contributed by atoms with E-state index in [0.29, 0.717) is 18.4 Å². The fraction of sp³-hybridized carbons (Fsp3) is 0.367. The van der Waals surface area contributed by atoms with Gasteiger partial charge in [0, 0.05) is 49.4 Å². The lowest BCUT2D eigenvalue weighted by Gasteiger charge is -2.27. The molecule has 0 bridgehead atoms. The minimum Gasteiger partial charge on any atom is -0.489 e. The zero-order valence-electron chi connectivity index (χ0n) is 21.0. The number of rotatable bonds is 7. The Kier molecular flexibility index (Phi) is 6.38. The molecule has 1 fully saturated rings. The van der Waals surface area contributed by atoms with Gasteiger partial charge in [-0.05, 0) is 68.2 Å². The van der Waals surface area contributed by atoms with Gasteiger partial charge >= 0.3 is 0 Å². The predicted molar refractivity (Wildman–Crippen MR) is 144 cm³/mol. The summed E-state index contributed by atoms with van der Waals surface area (Å²) < 4.78 is 9.87. The largest absolute Gasteiger partial charge is 0.489 e. The van der Waals surface area contributed by atoms with Crippen molar-refractivity contribution in [2.45, 2.75) is 44.9 Å². The molecule has 6 heteroatoms. The number of hydrogen-bond donors (Lipinski definition) is 1. The van der Waals surface area contributed by atoms with Crippen molar-refractivity contribution in [3.63, 3.8) is 0 Å². The van der Waals surface area contributed by atoms with Crippen LogP contribution in [-0.2, 0) is 26.6 Å². The van der Waals surface area contributed by atoms with E-state index in [-0.39, 0.29) is 5.56 Å². The molecule has 2 aromatic carbocycles. The van der Waals surface area contributed by atoms with Crippen LogP contribution in [0.2, 0.25) is 0 Å². The van der Waals surface area contributed by atoms with Crippen molar-refractivity contribution in [1.29, 1.82) is 0 Å². The zero-order chi connectivity index (χ0) is 24.5. The van der Waals surface area contributed by atoms with Gasteiger partial charge in [-0.3, -0.25) is 9.36 Å². The van der Waals surface area contributed by atoms with Crippen molar-refractivity contribution in [2.24, 2.45) is 7.05 Å². The molecule has 2 aliphatic rings. The van der Waals surface area contributed by atoms with E-state index in [0.717, 1.165) is 24.2 Å². The predicted octanol–water partition coefficient (Wildman–Crippen LogP) is 4.41. The number of nitrogens with zero attached hydrogens (tertiary/aromatic N) is 3. The number of aromatic nitrogens is 2. The number of likely N-dealkylation sites (tertiary alicyclic amines) is 1. The number of ether oxygens (including phenoxy) is 1. The fourth-order valence-electron chi connectivity index (χ4n) is 5.77. The van der Waals surface area contributed by atoms with Crippen molar-refractivity contribution < 1.29 is 4.74 Å². The van der Waals surface area contributed by atoms with E-state index in [2.05, 4.69) is 34.0 Å². The monoisotopic (exact) mass is 482 g/mol. The molecule has 6 nitrogen and oxygen atoms in total. The van der Waals surface area contributed by atoms with Gasteiger partial charge in [0.2, 0.25) is 0 Å². The third-order valence-electron chi connectivity index (χ3n) is 7.84. The van der Waals surface area contributed by atoms with Gasteiger partial charge in [-0.25, -0.2) is 0 Å². The molecule has 0 saturated carbocycles. The Morgan fingerprint density at radius 2 is 1.86 bits per heavy atom. The molecule has 1 unspecified atom stereocenters. The molecule has 1 atom stereocenters. The van der Waals surface area contributed by atoms with Crippen LogP contribution in [0.1, 0.15) is 36.1 Å². The summed E-state index contributed by atoms with van der Waals surface area (Å²) in [6.07, 6.45) is 6.75. The standard InChI is InChI=1S/C30H34N4O2/c1-32-28-17-23(11-15-33-13-5-6-14-33)31-20-27(28)26-10-9-24(18-29(26)32)34-16-12-25(19-30(34)35)36-21-22-7-3-2-4-8-22/h2-4,7-10,12,16,18-19,23,31H,5-6,11,13-15,17,20-21H2,1H3. The second-order valence-electron chi connectivity index (χ2n) is 10.2. The summed E-state index contributed by atoms with van der Waals surface area (Å²) in [5.74, 6) is 0.585. The average molecular weight is 483 g/mol. The van der Waals surface area contributed by atoms with Gasteiger partial charge in [-0.2, -0.15) is 0 Å². The molecule has 1 N–H and O–H groups in total. The van der Waals surface area contributed by atoms with E-state index in [4.69, 9.17) is 4.74 Å². The number of aryl methyl sites for hydroxylation is 1. The summed E-state index contributed by atoms with van der Waals surface area (Å²) in [5, 5.41) is 5.06. The Balaban J connectivity index is 1.20. The summed E-state index contributed by atoms with van der Waals surface area (Å²) in [6, 6.07) is 20.3. The molecule has 0 amide bonds. The lowest BCUT2D eigenvalue weighted by molar-refractivity contribution is 0.302. The van der Waals surface area contributed by atoms with Crippen molar-refractivity contribution >= 4 is 10.9 Å². The van der Waals surface area contributed by atoms with Crippen LogP contribution in [0.3, 0.4) is 0 Å². The Hall–Kier alpha value is -3.35. The highest BCUT2D eigenvalue weighted by molar-refractivity contribution is 5.87. The number of hydrogen-bond acceptors (Lipinski definition) is 4. The Morgan fingerprint density at radius 1 is 1.03 bits per heavy atom. The molecule has 36 heavy (non-hydrogen) atoms. The van der Waals surface area contributed by atoms with Gasteiger partial charge in [-0.15, -0.1) is 0 Å². The van der Waals surface area contributed by atoms with Crippen LogP contribution in [0.25, 0.3) is 16.6 Å². The van der Waals surface area contributed by atoms with Crippen LogP contribution in [0.5, 0.6) is 5.75 Å². The molecule has 186 valence electrons. The number of benzene rings is 2. The highest BCUT2D eigenvalue weighted by atomic mass is 16.5. The molecule has 4 aromatic rings. The Bertz CT molecular complexity index is 1420. The zero-order valence-corrected chi connectivity index (χ0v) is 21.0. The van der Waals surface area contributed by atoms with Crippen LogP contribution in [0.4, 0.5) is 0 Å².